The summed E-state index contributed by atoms with van der Waals surface area (Å²) >= 11 is 0. The quantitative estimate of drug-likeness (QED) is 0.104. The van der Waals surface area contributed by atoms with Crippen molar-refractivity contribution < 1.29 is 59.9 Å². The van der Waals surface area contributed by atoms with Crippen LogP contribution in [0.2, 0.25) is 0 Å². The van der Waals surface area contributed by atoms with Crippen molar-refractivity contribution in [3.05, 3.63) is 0 Å². The Hall–Kier alpha value is -2.29. The molecule has 2 heterocycles. The Morgan fingerprint density at radius 1 is 1.30 bits per heavy atom. The van der Waals surface area contributed by atoms with Gasteiger partial charge in [-0.05, 0) is 6.42 Å². The third-order valence-electron chi connectivity index (χ3n) is 5.17. The highest BCUT2D eigenvalue weighted by Gasteiger charge is 2.78. The molecule has 1 aliphatic carbocycles. The van der Waals surface area contributed by atoms with E-state index in [4.69, 9.17) is 11.5 Å². The van der Waals surface area contributed by atoms with Crippen molar-refractivity contribution in [2.45, 2.75) is 35.9 Å². The maximum Gasteiger partial charge on any atom is 0.420 e. The predicted octanol–water partition coefficient (Wildman–Crippen LogP) is -9.36. The Morgan fingerprint density at radius 3 is 2.50 bits per heavy atom. The summed E-state index contributed by atoms with van der Waals surface area (Å²) in [5.41, 5.74) is 9.73. The zero-order chi connectivity index (χ0) is 22.7. The normalized spacial score (nSPS) is 34.8. The van der Waals surface area contributed by atoms with Crippen LogP contribution in [0.5, 0.6) is 0 Å². The molecule has 1 fully saturated rings. The van der Waals surface area contributed by atoms with Gasteiger partial charge in [-0.3, -0.25) is 31.0 Å². The molecule has 17 nitrogen and oxygen atoms in total. The highest BCUT2D eigenvalue weighted by Crippen LogP contribution is 2.45. The number of nitrogens with one attached hydrogen (secondary N) is 4. The Balaban J connectivity index is 1.93. The molecular weight excluding hydrogens is 456 g/mol. The molecule has 0 aromatic heterocycles. The molecule has 30 heavy (non-hydrogen) atoms. The molecule has 2 unspecified atom stereocenters. The van der Waals surface area contributed by atoms with Crippen molar-refractivity contribution in [1.29, 1.82) is 0 Å². The van der Waals surface area contributed by atoms with Crippen molar-refractivity contribution in [2.24, 2.45) is 17.4 Å². The number of hydrogen-bond acceptors (Lipinski definition) is 14. The molecular formula is C11H18N6O11S2. The van der Waals surface area contributed by atoms with E-state index in [1.807, 2.05) is 0 Å². The topological polar surface area (TPSA) is 294 Å². The lowest BCUT2D eigenvalue weighted by atomic mass is 9.73. The second kappa shape index (κ2) is 6.87. The summed E-state index contributed by atoms with van der Waals surface area (Å²) < 4.78 is 74.7. The number of guanidine groups is 1. The first-order valence-corrected chi connectivity index (χ1v) is 10.9. The number of nitrogens with two attached hydrogens (primary N) is 2. The largest absolute Gasteiger partial charge is 0.731 e. The smallest absolute Gasteiger partial charge is 0.420 e. The van der Waals surface area contributed by atoms with Crippen LogP contribution in [-0.4, -0.2) is 90.2 Å². The van der Waals surface area contributed by atoms with Gasteiger partial charge < -0.3 is 24.1 Å². The van der Waals surface area contributed by atoms with E-state index in [9.17, 15) is 40.9 Å². The highest BCUT2D eigenvalue weighted by molar-refractivity contribution is 7.84. The van der Waals surface area contributed by atoms with E-state index in [-0.39, 0.29) is 11.8 Å². The van der Waals surface area contributed by atoms with E-state index in [0.717, 1.165) is 4.72 Å². The van der Waals surface area contributed by atoms with Gasteiger partial charge in [0, 0.05) is 0 Å². The number of amidine groups is 1. The van der Waals surface area contributed by atoms with Crippen molar-refractivity contribution in [3.63, 3.8) is 0 Å². The monoisotopic (exact) mass is 474 g/mol. The molecule has 0 aromatic carbocycles. The van der Waals surface area contributed by atoms with E-state index >= 15 is 0 Å². The van der Waals surface area contributed by atoms with Crippen LogP contribution in [0.15, 0.2) is 0 Å². The van der Waals surface area contributed by atoms with Crippen molar-refractivity contribution in [1.82, 2.24) is 10.0 Å². The first kappa shape index (κ1) is 22.4. The molecule has 2 aliphatic heterocycles. The average Bonchev–Trinajstić information content (AvgIpc) is 2.99. The van der Waals surface area contributed by atoms with Gasteiger partial charge in [-0.1, -0.05) is 0 Å². The van der Waals surface area contributed by atoms with Crippen LogP contribution in [0.3, 0.4) is 0 Å². The summed E-state index contributed by atoms with van der Waals surface area (Å²) in [7, 11) is -10.5. The van der Waals surface area contributed by atoms with Gasteiger partial charge in [-0.2, -0.15) is 0 Å². The molecule has 5 atom stereocenters. The lowest BCUT2D eigenvalue weighted by Gasteiger charge is -2.42. The SMILES string of the molecule is NC1=[NH+]C23C(C[C@H](OS(=O)(=O)[O-])C2(O)O)C(N)=[NH+][C@@H](COC(=O)NS(=O)(=O)[O-])[C@@H]3N1. The van der Waals surface area contributed by atoms with Crippen LogP contribution in [0, 0.1) is 5.92 Å². The van der Waals surface area contributed by atoms with Crippen LogP contribution in [0.25, 0.3) is 0 Å². The Morgan fingerprint density at radius 2 is 1.93 bits per heavy atom. The van der Waals surface area contributed by atoms with Gasteiger partial charge in [0.15, 0.2) is 27.9 Å². The number of amides is 1. The molecule has 170 valence electrons. The fourth-order valence-corrected chi connectivity index (χ4v) is 4.96. The van der Waals surface area contributed by atoms with Crippen molar-refractivity contribution >= 4 is 38.6 Å². The Bertz CT molecular complexity index is 1020. The summed E-state index contributed by atoms with van der Waals surface area (Å²) in [6.07, 6.45) is -3.95. The van der Waals surface area contributed by atoms with Gasteiger partial charge in [0.1, 0.15) is 18.6 Å². The zero-order valence-electron chi connectivity index (χ0n) is 14.8. The molecule has 1 spiro atoms. The number of carbonyl (C=O) groups excluding carboxylic acids is 1. The minimum absolute atomic E-state index is 0.123. The summed E-state index contributed by atoms with van der Waals surface area (Å²) in [5.74, 6) is -4.36. The lowest BCUT2D eigenvalue weighted by molar-refractivity contribution is -0.627. The minimum atomic E-state index is -5.33. The van der Waals surface area contributed by atoms with E-state index in [0.29, 0.717) is 0 Å². The van der Waals surface area contributed by atoms with Crippen LogP contribution >= 0.6 is 0 Å². The molecule has 0 bridgehead atoms. The maximum atomic E-state index is 11.4. The number of aliphatic hydroxyl groups is 2. The lowest BCUT2D eigenvalue weighted by Crippen LogP contribution is -3.04. The molecule has 3 rings (SSSR count). The maximum absolute atomic E-state index is 11.4. The second-order valence-electron chi connectivity index (χ2n) is 6.90. The van der Waals surface area contributed by atoms with Crippen LogP contribution in [-0.2, 0) is 29.6 Å². The summed E-state index contributed by atoms with van der Waals surface area (Å²) in [4.78, 5) is 16.7. The highest BCUT2D eigenvalue weighted by atomic mass is 32.3. The molecule has 1 saturated carbocycles. The summed E-state index contributed by atoms with van der Waals surface area (Å²) in [5, 5.41) is 24.2. The third kappa shape index (κ3) is 3.75. The number of ether oxygens (including phenoxy) is 1. The van der Waals surface area contributed by atoms with Gasteiger partial charge in [-0.15, -0.1) is 0 Å². The van der Waals surface area contributed by atoms with Gasteiger partial charge in [0.25, 0.3) is 0 Å². The molecule has 0 aromatic rings. The van der Waals surface area contributed by atoms with E-state index in [2.05, 4.69) is 24.2 Å². The van der Waals surface area contributed by atoms with Gasteiger partial charge >= 0.3 is 12.1 Å². The average molecular weight is 474 g/mol. The van der Waals surface area contributed by atoms with Gasteiger partial charge in [-0.25, -0.2) is 26.4 Å². The van der Waals surface area contributed by atoms with E-state index in [1.165, 1.54) is 0 Å². The fourth-order valence-electron chi connectivity index (χ4n) is 4.20. The van der Waals surface area contributed by atoms with E-state index in [1.54, 1.807) is 0 Å². The van der Waals surface area contributed by atoms with Crippen LogP contribution < -0.4 is 31.5 Å². The predicted molar refractivity (Wildman–Crippen MR) is 87.8 cm³/mol. The third-order valence-corrected chi connectivity index (χ3v) is 6.05. The van der Waals surface area contributed by atoms with E-state index < -0.39 is 75.3 Å². The molecule has 1 amide bonds. The molecule has 0 saturated heterocycles. The molecule has 10 N–H and O–H groups in total. The van der Waals surface area contributed by atoms with Crippen LogP contribution in [0.4, 0.5) is 4.79 Å². The van der Waals surface area contributed by atoms with Gasteiger partial charge in [0.05, 0.1) is 0 Å². The zero-order valence-corrected chi connectivity index (χ0v) is 16.4. The molecule has 0 radical (unpaired) electrons. The minimum Gasteiger partial charge on any atom is -0.731 e. The van der Waals surface area contributed by atoms with Gasteiger partial charge in [0.2, 0.25) is 22.0 Å². The molecule has 19 heteroatoms. The Kier molecular flexibility index (Phi) is 5.13. The van der Waals surface area contributed by atoms with Crippen molar-refractivity contribution in [3.8, 4) is 0 Å². The standard InChI is InChI=1S/C11H18N6O11S2/c12-7-3-1-5(28-30(24,25)26)11(19,20)10(3)6(15-8(13)16-10)4(14-7)2-27-9(18)17-29(21,22)23/h3-6,19-20H,1-2H2,(H2,12,14)(H,17,18)(H3,13,15,16)(H,21,22,23)(H,24,25,26)/t3?,4-,5-,6-,10?/m0/s1. The first-order chi connectivity index (χ1) is 13.6. The Labute approximate surface area is 169 Å². The number of rotatable bonds is 5. The number of hydrogen-bond donors (Lipinski definition) is 8. The first-order valence-electron chi connectivity index (χ1n) is 8.12. The second-order valence-corrected chi connectivity index (χ2v) is 9.02. The van der Waals surface area contributed by atoms with Crippen molar-refractivity contribution in [2.75, 3.05) is 6.61 Å². The van der Waals surface area contributed by atoms with Crippen LogP contribution in [0.1, 0.15) is 6.42 Å². The summed E-state index contributed by atoms with van der Waals surface area (Å²) in [6, 6.07) is -2.24. The fraction of sp³-hybridized carbons (Fsp3) is 0.727. The summed E-state index contributed by atoms with van der Waals surface area (Å²) in [6.45, 7) is -0.648. The number of carbonyl (C=O) groups is 1. The molecule has 3 aliphatic rings.